The van der Waals surface area contributed by atoms with Crippen LogP contribution in [-0.4, -0.2) is 18.2 Å². The van der Waals surface area contributed by atoms with E-state index in [4.69, 9.17) is 9.47 Å². The predicted molar refractivity (Wildman–Crippen MR) is 93.9 cm³/mol. The summed E-state index contributed by atoms with van der Waals surface area (Å²) in [6, 6.07) is 12.2. The first-order chi connectivity index (χ1) is 11.8. The Morgan fingerprint density at radius 2 is 1.75 bits per heavy atom. The number of hydrogen-bond donors (Lipinski definition) is 0. The van der Waals surface area contributed by atoms with Crippen LogP contribution in [0.1, 0.15) is 10.6 Å². The van der Waals surface area contributed by atoms with E-state index in [1.807, 2.05) is 35.7 Å². The number of rotatable bonds is 3. The molecule has 0 saturated heterocycles. The van der Waals surface area contributed by atoms with Crippen molar-refractivity contribution in [1.29, 1.82) is 0 Å². The number of ether oxygens (including phenoxy) is 2. The third-order valence-corrected chi connectivity index (χ3v) is 4.46. The van der Waals surface area contributed by atoms with Gasteiger partial charge < -0.3 is 9.47 Å². The molecule has 0 radical (unpaired) electrons. The molecule has 0 aliphatic carbocycles. The van der Waals surface area contributed by atoms with E-state index in [1.165, 1.54) is 12.1 Å². The highest BCUT2D eigenvalue weighted by molar-refractivity contribution is 7.10. The van der Waals surface area contributed by atoms with Crippen molar-refractivity contribution in [1.82, 2.24) is 4.98 Å². The number of aromatic nitrogens is 1. The van der Waals surface area contributed by atoms with Crippen LogP contribution in [0.2, 0.25) is 0 Å². The first-order valence-corrected chi connectivity index (χ1v) is 8.45. The zero-order chi connectivity index (χ0) is 16.4. The molecule has 0 bridgehead atoms. The molecule has 0 spiro atoms. The highest BCUT2D eigenvalue weighted by Crippen LogP contribution is 2.31. The molecule has 0 fully saturated rings. The van der Waals surface area contributed by atoms with Crippen LogP contribution in [0.15, 0.2) is 47.8 Å². The van der Waals surface area contributed by atoms with Crippen molar-refractivity contribution in [3.8, 4) is 22.8 Å². The number of benzene rings is 2. The monoisotopic (exact) mass is 339 g/mol. The van der Waals surface area contributed by atoms with Gasteiger partial charge in [0.15, 0.2) is 11.5 Å². The zero-order valence-electron chi connectivity index (χ0n) is 12.7. The smallest absolute Gasteiger partial charge is 0.161 e. The third kappa shape index (κ3) is 3.16. The van der Waals surface area contributed by atoms with Crippen LogP contribution in [0.3, 0.4) is 0 Å². The lowest BCUT2D eigenvalue weighted by Crippen LogP contribution is -2.15. The molecule has 0 unspecified atom stereocenters. The van der Waals surface area contributed by atoms with E-state index in [9.17, 15) is 4.39 Å². The Morgan fingerprint density at radius 3 is 2.58 bits per heavy atom. The minimum atomic E-state index is -0.243. The van der Waals surface area contributed by atoms with E-state index in [0.29, 0.717) is 13.2 Å². The van der Waals surface area contributed by atoms with Gasteiger partial charge in [-0.2, -0.15) is 0 Å². The second kappa shape index (κ2) is 6.45. The number of thiazole rings is 1. The maximum atomic E-state index is 13.0. The summed E-state index contributed by atoms with van der Waals surface area (Å²) in [5, 5.41) is 2.86. The fourth-order valence-corrected chi connectivity index (χ4v) is 3.17. The minimum Gasteiger partial charge on any atom is -0.486 e. The maximum Gasteiger partial charge on any atom is 0.161 e. The Balaban J connectivity index is 1.53. The van der Waals surface area contributed by atoms with Crippen LogP contribution >= 0.6 is 11.3 Å². The van der Waals surface area contributed by atoms with Gasteiger partial charge in [0.1, 0.15) is 24.0 Å². The summed E-state index contributed by atoms with van der Waals surface area (Å²) in [6.45, 7) is 1.17. The highest BCUT2D eigenvalue weighted by Gasteiger charge is 2.10. The topological polar surface area (TPSA) is 31.4 Å². The SMILES string of the molecule is Fc1ccc(-c2csc(C=Cc3ccc4c(c3)OCCO4)n2)cc1. The molecule has 0 amide bonds. The van der Waals surface area contributed by atoms with Crippen LogP contribution in [0.4, 0.5) is 4.39 Å². The molecule has 2 heterocycles. The van der Waals surface area contributed by atoms with Crippen molar-refractivity contribution in [2.24, 2.45) is 0 Å². The van der Waals surface area contributed by atoms with Crippen LogP contribution in [-0.2, 0) is 0 Å². The summed E-state index contributed by atoms with van der Waals surface area (Å²) < 4.78 is 24.1. The van der Waals surface area contributed by atoms with Crippen LogP contribution < -0.4 is 9.47 Å². The van der Waals surface area contributed by atoms with Crippen LogP contribution in [0.5, 0.6) is 11.5 Å². The molecule has 1 aliphatic heterocycles. The Kier molecular flexibility index (Phi) is 4.01. The molecule has 5 heteroatoms. The molecule has 1 aromatic heterocycles. The molecule has 0 saturated carbocycles. The van der Waals surface area contributed by atoms with E-state index >= 15 is 0 Å². The maximum absolute atomic E-state index is 13.0. The zero-order valence-corrected chi connectivity index (χ0v) is 13.6. The molecular weight excluding hydrogens is 325 g/mol. The number of hydrogen-bond acceptors (Lipinski definition) is 4. The van der Waals surface area contributed by atoms with Crippen molar-refractivity contribution in [3.63, 3.8) is 0 Å². The summed E-state index contributed by atoms with van der Waals surface area (Å²) in [4.78, 5) is 4.57. The van der Waals surface area contributed by atoms with Gasteiger partial charge in [-0.25, -0.2) is 9.37 Å². The first kappa shape index (κ1) is 14.9. The minimum absolute atomic E-state index is 0.243. The lowest BCUT2D eigenvalue weighted by atomic mass is 10.1. The summed E-state index contributed by atoms with van der Waals surface area (Å²) in [5.74, 6) is 1.31. The summed E-state index contributed by atoms with van der Waals surface area (Å²) in [5.41, 5.74) is 2.78. The normalized spacial score (nSPS) is 13.4. The lowest BCUT2D eigenvalue weighted by molar-refractivity contribution is 0.171. The summed E-state index contributed by atoms with van der Waals surface area (Å²) in [7, 11) is 0. The average Bonchev–Trinajstić information content (AvgIpc) is 3.09. The van der Waals surface area contributed by atoms with Gasteiger partial charge in [-0.1, -0.05) is 12.1 Å². The number of fused-ring (bicyclic) bond motifs is 1. The molecule has 3 nitrogen and oxygen atoms in total. The van der Waals surface area contributed by atoms with Gasteiger partial charge >= 0.3 is 0 Å². The van der Waals surface area contributed by atoms with Crippen molar-refractivity contribution in [3.05, 3.63) is 64.2 Å². The third-order valence-electron chi connectivity index (χ3n) is 3.65. The Bertz CT molecular complexity index is 887. The Hall–Kier alpha value is -2.66. The Labute approximate surface area is 143 Å². The number of halogens is 1. The van der Waals surface area contributed by atoms with E-state index in [0.717, 1.165) is 33.3 Å². The van der Waals surface area contributed by atoms with Crippen molar-refractivity contribution in [2.45, 2.75) is 0 Å². The van der Waals surface area contributed by atoms with Crippen LogP contribution in [0.25, 0.3) is 23.4 Å². The van der Waals surface area contributed by atoms with Crippen molar-refractivity contribution >= 4 is 23.5 Å². The van der Waals surface area contributed by atoms with Gasteiger partial charge in [0.25, 0.3) is 0 Å². The van der Waals surface area contributed by atoms with Gasteiger partial charge in [-0.15, -0.1) is 11.3 Å². The second-order valence-electron chi connectivity index (χ2n) is 5.31. The van der Waals surface area contributed by atoms with Crippen LogP contribution in [0, 0.1) is 5.82 Å². The lowest BCUT2D eigenvalue weighted by Gasteiger charge is -2.18. The fraction of sp³-hybridized carbons (Fsp3) is 0.105. The predicted octanol–water partition coefficient (Wildman–Crippen LogP) is 4.89. The molecule has 24 heavy (non-hydrogen) atoms. The molecule has 1 aliphatic rings. The van der Waals surface area contributed by atoms with E-state index < -0.39 is 0 Å². The fourth-order valence-electron chi connectivity index (χ4n) is 2.45. The van der Waals surface area contributed by atoms with E-state index in [2.05, 4.69) is 4.98 Å². The molecule has 3 aromatic rings. The van der Waals surface area contributed by atoms with Gasteiger partial charge in [0, 0.05) is 10.9 Å². The molecule has 0 N–H and O–H groups in total. The van der Waals surface area contributed by atoms with Gasteiger partial charge in [-0.05, 0) is 48.0 Å². The van der Waals surface area contributed by atoms with Crippen molar-refractivity contribution < 1.29 is 13.9 Å². The quantitative estimate of drug-likeness (QED) is 0.681. The van der Waals surface area contributed by atoms with Crippen molar-refractivity contribution in [2.75, 3.05) is 13.2 Å². The molecular formula is C19H14FNO2S. The molecule has 4 rings (SSSR count). The van der Waals surface area contributed by atoms with Gasteiger partial charge in [-0.3, -0.25) is 0 Å². The Morgan fingerprint density at radius 1 is 0.958 bits per heavy atom. The number of nitrogens with zero attached hydrogens (tertiary/aromatic N) is 1. The molecule has 0 atom stereocenters. The van der Waals surface area contributed by atoms with E-state index in [1.54, 1.807) is 23.5 Å². The summed E-state index contributed by atoms with van der Waals surface area (Å²) >= 11 is 1.55. The second-order valence-corrected chi connectivity index (χ2v) is 6.20. The van der Waals surface area contributed by atoms with E-state index in [-0.39, 0.29) is 5.82 Å². The largest absolute Gasteiger partial charge is 0.486 e. The van der Waals surface area contributed by atoms with Gasteiger partial charge in [0.05, 0.1) is 5.69 Å². The van der Waals surface area contributed by atoms with Gasteiger partial charge in [0.2, 0.25) is 0 Å². The first-order valence-electron chi connectivity index (χ1n) is 7.57. The average molecular weight is 339 g/mol. The molecule has 2 aromatic carbocycles. The summed E-state index contributed by atoms with van der Waals surface area (Å²) in [6.07, 6.45) is 3.95. The highest BCUT2D eigenvalue weighted by atomic mass is 32.1. The molecule has 120 valence electrons. The standard InChI is InChI=1S/C19H14FNO2S/c20-15-5-3-14(4-6-15)16-12-24-19(21-16)8-2-13-1-7-17-18(11-13)23-10-9-22-17/h1-8,11-12H,9-10H2.